The Hall–Kier alpha value is -2.10. The first-order valence-corrected chi connectivity index (χ1v) is 5.64. The lowest BCUT2D eigenvalue weighted by atomic mass is 10.2. The molecular weight excluding hydrogens is 232 g/mol. The van der Waals surface area contributed by atoms with Gasteiger partial charge in [-0.15, -0.1) is 0 Å². The number of esters is 1. The summed E-state index contributed by atoms with van der Waals surface area (Å²) in [7, 11) is 0. The highest BCUT2D eigenvalue weighted by Crippen LogP contribution is 2.11. The van der Waals surface area contributed by atoms with E-state index < -0.39 is 0 Å². The molecule has 96 valence electrons. The van der Waals surface area contributed by atoms with E-state index in [0.717, 1.165) is 6.29 Å². The van der Waals surface area contributed by atoms with Crippen LogP contribution in [-0.4, -0.2) is 25.5 Å². The van der Waals surface area contributed by atoms with Crippen LogP contribution in [0.2, 0.25) is 0 Å². The van der Waals surface area contributed by atoms with Gasteiger partial charge in [-0.05, 0) is 31.2 Å². The van der Waals surface area contributed by atoms with Crippen molar-refractivity contribution in [2.45, 2.75) is 13.3 Å². The van der Waals surface area contributed by atoms with Crippen molar-refractivity contribution in [1.29, 1.82) is 0 Å². The van der Waals surface area contributed by atoms with Gasteiger partial charge in [-0.3, -0.25) is 4.79 Å². The van der Waals surface area contributed by atoms with E-state index >= 15 is 0 Å². The Morgan fingerprint density at radius 1 is 1.28 bits per heavy atom. The summed E-state index contributed by atoms with van der Waals surface area (Å²) in [5.41, 5.74) is 0.998. The molecule has 0 aliphatic carbocycles. The van der Waals surface area contributed by atoms with Crippen LogP contribution in [0.5, 0.6) is 5.75 Å². The lowest BCUT2D eigenvalue weighted by Crippen LogP contribution is -2.09. The summed E-state index contributed by atoms with van der Waals surface area (Å²) in [5.74, 6) is 0.303. The number of hydrogen-bond donors (Lipinski definition) is 0. The van der Waals surface area contributed by atoms with E-state index in [-0.39, 0.29) is 5.97 Å². The van der Waals surface area contributed by atoms with Gasteiger partial charge in [0.1, 0.15) is 12.0 Å². The van der Waals surface area contributed by atoms with Crippen molar-refractivity contribution >= 4 is 12.3 Å². The standard InChI is InChI=1S/C14H16O4/c1-11(2)14(16)18-9-3-8-17-13-6-4-12(10-15)5-7-13/h4-7,10H,1,3,8-9H2,2H3. The second-order valence-electron chi connectivity index (χ2n) is 3.81. The predicted octanol–water partition coefficient (Wildman–Crippen LogP) is 2.39. The van der Waals surface area contributed by atoms with Gasteiger partial charge in [0.25, 0.3) is 0 Å². The van der Waals surface area contributed by atoms with E-state index in [1.807, 2.05) is 0 Å². The summed E-state index contributed by atoms with van der Waals surface area (Å²) in [5, 5.41) is 0. The number of carbonyl (C=O) groups is 2. The number of aldehydes is 1. The van der Waals surface area contributed by atoms with Gasteiger partial charge < -0.3 is 9.47 Å². The van der Waals surface area contributed by atoms with Crippen molar-refractivity contribution in [3.8, 4) is 5.75 Å². The molecule has 0 N–H and O–H groups in total. The molecule has 0 atom stereocenters. The first-order chi connectivity index (χ1) is 8.63. The van der Waals surface area contributed by atoms with Crippen LogP contribution in [0.1, 0.15) is 23.7 Å². The molecular formula is C14H16O4. The Balaban J connectivity index is 2.19. The van der Waals surface area contributed by atoms with E-state index in [4.69, 9.17) is 9.47 Å². The molecule has 4 heteroatoms. The molecule has 1 aromatic carbocycles. The maximum absolute atomic E-state index is 11.1. The molecule has 0 amide bonds. The van der Waals surface area contributed by atoms with Gasteiger partial charge in [-0.2, -0.15) is 0 Å². The first-order valence-electron chi connectivity index (χ1n) is 5.64. The first kappa shape index (κ1) is 14.0. The fourth-order valence-corrected chi connectivity index (χ4v) is 1.18. The Morgan fingerprint density at radius 2 is 1.94 bits per heavy atom. The Labute approximate surface area is 106 Å². The summed E-state index contributed by atoms with van der Waals surface area (Å²) >= 11 is 0. The number of carbonyl (C=O) groups excluding carboxylic acids is 2. The maximum atomic E-state index is 11.1. The summed E-state index contributed by atoms with van der Waals surface area (Å²) in [4.78, 5) is 21.5. The van der Waals surface area contributed by atoms with Crippen LogP contribution in [0.4, 0.5) is 0 Å². The number of rotatable bonds is 7. The number of hydrogen-bond acceptors (Lipinski definition) is 4. The molecule has 0 spiro atoms. The van der Waals surface area contributed by atoms with Crippen LogP contribution < -0.4 is 4.74 Å². The van der Waals surface area contributed by atoms with Gasteiger partial charge in [-0.25, -0.2) is 4.79 Å². The molecule has 0 aliphatic rings. The van der Waals surface area contributed by atoms with Crippen LogP contribution in [0.25, 0.3) is 0 Å². The normalized spacial score (nSPS) is 9.61. The van der Waals surface area contributed by atoms with Gasteiger partial charge in [0.05, 0.1) is 13.2 Å². The molecule has 0 saturated heterocycles. The van der Waals surface area contributed by atoms with Crippen LogP contribution in [0, 0.1) is 0 Å². The molecule has 1 aromatic rings. The lowest BCUT2D eigenvalue weighted by molar-refractivity contribution is -0.139. The van der Waals surface area contributed by atoms with Crippen molar-refractivity contribution in [1.82, 2.24) is 0 Å². The Morgan fingerprint density at radius 3 is 2.50 bits per heavy atom. The van der Waals surface area contributed by atoms with Crippen molar-refractivity contribution in [2.24, 2.45) is 0 Å². The van der Waals surface area contributed by atoms with Gasteiger partial charge in [-0.1, -0.05) is 6.58 Å². The number of ether oxygens (including phenoxy) is 2. The quantitative estimate of drug-likeness (QED) is 0.322. The fraction of sp³-hybridized carbons (Fsp3) is 0.286. The highest BCUT2D eigenvalue weighted by atomic mass is 16.5. The molecule has 0 fully saturated rings. The van der Waals surface area contributed by atoms with Crippen molar-refractivity contribution in [3.63, 3.8) is 0 Å². The zero-order valence-electron chi connectivity index (χ0n) is 10.3. The summed E-state index contributed by atoms with van der Waals surface area (Å²) in [6, 6.07) is 6.82. The van der Waals surface area contributed by atoms with E-state index in [1.165, 1.54) is 0 Å². The third kappa shape index (κ3) is 4.82. The van der Waals surface area contributed by atoms with Gasteiger partial charge in [0.2, 0.25) is 0 Å². The Kier molecular flexibility index (Phi) is 5.64. The van der Waals surface area contributed by atoms with Crippen LogP contribution >= 0.6 is 0 Å². The molecule has 1 rings (SSSR count). The summed E-state index contributed by atoms with van der Waals surface area (Å²) in [6.45, 7) is 5.84. The molecule has 0 saturated carbocycles. The smallest absolute Gasteiger partial charge is 0.333 e. The van der Waals surface area contributed by atoms with Crippen LogP contribution in [-0.2, 0) is 9.53 Å². The molecule has 4 nitrogen and oxygen atoms in total. The minimum absolute atomic E-state index is 0.304. The molecule has 0 bridgehead atoms. The molecule has 0 heterocycles. The predicted molar refractivity (Wildman–Crippen MR) is 67.7 cm³/mol. The highest BCUT2D eigenvalue weighted by Gasteiger charge is 2.02. The van der Waals surface area contributed by atoms with Crippen molar-refractivity contribution in [2.75, 3.05) is 13.2 Å². The maximum Gasteiger partial charge on any atom is 0.333 e. The lowest BCUT2D eigenvalue weighted by Gasteiger charge is -2.07. The third-order valence-electron chi connectivity index (χ3n) is 2.16. The monoisotopic (exact) mass is 248 g/mol. The average Bonchev–Trinajstić information content (AvgIpc) is 2.38. The fourth-order valence-electron chi connectivity index (χ4n) is 1.18. The largest absolute Gasteiger partial charge is 0.493 e. The molecule has 0 aromatic heterocycles. The second kappa shape index (κ2) is 7.27. The SMILES string of the molecule is C=C(C)C(=O)OCCCOc1ccc(C=O)cc1. The summed E-state index contributed by atoms with van der Waals surface area (Å²) in [6.07, 6.45) is 1.38. The Bertz CT molecular complexity index is 420. The van der Waals surface area contributed by atoms with Gasteiger partial charge in [0.15, 0.2) is 0 Å². The van der Waals surface area contributed by atoms with Crippen molar-refractivity contribution < 1.29 is 19.1 Å². The van der Waals surface area contributed by atoms with E-state index in [0.29, 0.717) is 36.5 Å². The van der Waals surface area contributed by atoms with E-state index in [9.17, 15) is 9.59 Å². The van der Waals surface area contributed by atoms with Gasteiger partial charge in [0, 0.05) is 17.6 Å². The van der Waals surface area contributed by atoms with E-state index in [2.05, 4.69) is 6.58 Å². The van der Waals surface area contributed by atoms with Crippen molar-refractivity contribution in [3.05, 3.63) is 42.0 Å². The topological polar surface area (TPSA) is 52.6 Å². The minimum Gasteiger partial charge on any atom is -0.493 e. The second-order valence-corrected chi connectivity index (χ2v) is 3.81. The summed E-state index contributed by atoms with van der Waals surface area (Å²) < 4.78 is 10.3. The van der Waals surface area contributed by atoms with E-state index in [1.54, 1.807) is 31.2 Å². The molecule has 0 radical (unpaired) electrons. The highest BCUT2D eigenvalue weighted by molar-refractivity contribution is 5.86. The molecule has 0 unspecified atom stereocenters. The zero-order chi connectivity index (χ0) is 13.4. The number of benzene rings is 1. The molecule has 18 heavy (non-hydrogen) atoms. The van der Waals surface area contributed by atoms with Crippen LogP contribution in [0.15, 0.2) is 36.4 Å². The third-order valence-corrected chi connectivity index (χ3v) is 2.16. The van der Waals surface area contributed by atoms with Crippen LogP contribution in [0.3, 0.4) is 0 Å². The molecule has 0 aliphatic heterocycles. The van der Waals surface area contributed by atoms with Gasteiger partial charge >= 0.3 is 5.97 Å². The average molecular weight is 248 g/mol. The minimum atomic E-state index is -0.384. The zero-order valence-corrected chi connectivity index (χ0v) is 10.3.